The maximum Gasteiger partial charge on any atom is 0.452 e. The number of benzene rings is 1. The van der Waals surface area contributed by atoms with Gasteiger partial charge in [0.2, 0.25) is 10.9 Å². The number of rotatable bonds is 3. The number of aromatic nitrogens is 4. The van der Waals surface area contributed by atoms with Crippen LogP contribution < -0.4 is 0 Å². The van der Waals surface area contributed by atoms with E-state index in [0.717, 1.165) is 0 Å². The summed E-state index contributed by atoms with van der Waals surface area (Å²) in [6, 6.07) is 4.03. The van der Waals surface area contributed by atoms with E-state index in [-0.39, 0.29) is 27.7 Å². The average Bonchev–Trinajstić information content (AvgIpc) is 2.90. The van der Waals surface area contributed by atoms with Crippen molar-refractivity contribution in [3.8, 4) is 0 Å². The van der Waals surface area contributed by atoms with Gasteiger partial charge in [-0.2, -0.15) is 13.2 Å². The third kappa shape index (κ3) is 3.15. The Balaban J connectivity index is 2.48. The van der Waals surface area contributed by atoms with E-state index in [0.29, 0.717) is 4.40 Å². The van der Waals surface area contributed by atoms with Crippen molar-refractivity contribution < 1.29 is 21.6 Å². The summed E-state index contributed by atoms with van der Waals surface area (Å²) >= 11 is 5.87. The van der Waals surface area contributed by atoms with Crippen molar-refractivity contribution in [2.24, 2.45) is 5.92 Å². The Bertz CT molecular complexity index is 1080. The molecule has 2 aromatic heterocycles. The van der Waals surface area contributed by atoms with Crippen molar-refractivity contribution in [2.75, 3.05) is 5.75 Å². The van der Waals surface area contributed by atoms with Crippen LogP contribution in [0.5, 0.6) is 0 Å². The Morgan fingerprint density at radius 3 is 2.52 bits per heavy atom. The first kappa shape index (κ1) is 17.9. The van der Waals surface area contributed by atoms with Crippen molar-refractivity contribution in [3.63, 3.8) is 0 Å². The zero-order valence-electron chi connectivity index (χ0n) is 13.0. The predicted molar refractivity (Wildman–Crippen MR) is 85.2 cm³/mol. The van der Waals surface area contributed by atoms with Crippen molar-refractivity contribution in [1.29, 1.82) is 0 Å². The van der Waals surface area contributed by atoms with E-state index in [9.17, 15) is 21.6 Å². The lowest BCUT2D eigenvalue weighted by Crippen LogP contribution is -2.17. The maximum atomic E-state index is 13.3. The first-order valence-corrected chi connectivity index (χ1v) is 9.18. The van der Waals surface area contributed by atoms with Crippen LogP contribution in [0.2, 0.25) is 5.02 Å². The van der Waals surface area contributed by atoms with Gasteiger partial charge in [0.15, 0.2) is 15.5 Å². The van der Waals surface area contributed by atoms with E-state index in [2.05, 4.69) is 15.2 Å². The summed E-state index contributed by atoms with van der Waals surface area (Å²) in [5.41, 5.74) is -0.449. The molecule has 0 fully saturated rings. The summed E-state index contributed by atoms with van der Waals surface area (Å²) in [6.07, 6.45) is -4.82. The van der Waals surface area contributed by atoms with Crippen molar-refractivity contribution in [1.82, 2.24) is 19.6 Å². The molecule has 0 atom stereocenters. The average molecular weight is 393 g/mol. The molecule has 0 amide bonds. The van der Waals surface area contributed by atoms with Gasteiger partial charge in [-0.15, -0.1) is 10.2 Å². The van der Waals surface area contributed by atoms with E-state index in [1.165, 1.54) is 18.2 Å². The minimum atomic E-state index is -4.82. The Kier molecular flexibility index (Phi) is 4.15. The van der Waals surface area contributed by atoms with Gasteiger partial charge in [0.25, 0.3) is 0 Å². The van der Waals surface area contributed by atoms with Gasteiger partial charge < -0.3 is 0 Å². The van der Waals surface area contributed by atoms with E-state index in [1.807, 2.05) is 0 Å². The molecule has 0 bridgehead atoms. The summed E-state index contributed by atoms with van der Waals surface area (Å²) in [6.45, 7) is 3.36. The fourth-order valence-electron chi connectivity index (χ4n) is 2.49. The van der Waals surface area contributed by atoms with Gasteiger partial charge >= 0.3 is 6.18 Å². The molecule has 11 heteroatoms. The lowest BCUT2D eigenvalue weighted by molar-refractivity contribution is -0.145. The van der Waals surface area contributed by atoms with Gasteiger partial charge in [0.05, 0.1) is 16.8 Å². The first-order chi connectivity index (χ1) is 11.5. The van der Waals surface area contributed by atoms with Gasteiger partial charge in [0.1, 0.15) is 0 Å². The molecule has 134 valence electrons. The van der Waals surface area contributed by atoms with E-state index in [4.69, 9.17) is 11.6 Å². The molecule has 25 heavy (non-hydrogen) atoms. The monoisotopic (exact) mass is 392 g/mol. The molecule has 6 nitrogen and oxygen atoms in total. The molecule has 3 aromatic rings. The molecule has 0 aliphatic heterocycles. The largest absolute Gasteiger partial charge is 0.452 e. The molecule has 0 N–H and O–H groups in total. The fraction of sp³-hybridized carbons (Fsp3) is 0.357. The summed E-state index contributed by atoms with van der Waals surface area (Å²) in [5.74, 6) is -1.85. The Morgan fingerprint density at radius 2 is 1.92 bits per heavy atom. The van der Waals surface area contributed by atoms with Gasteiger partial charge in [0, 0.05) is 5.02 Å². The van der Waals surface area contributed by atoms with Gasteiger partial charge in [-0.05, 0) is 24.1 Å². The zero-order chi connectivity index (χ0) is 18.6. The molecule has 0 aliphatic carbocycles. The summed E-state index contributed by atoms with van der Waals surface area (Å²) < 4.78 is 65.7. The van der Waals surface area contributed by atoms with Gasteiger partial charge in [-0.25, -0.2) is 13.4 Å². The van der Waals surface area contributed by atoms with Crippen LogP contribution in [-0.2, 0) is 16.0 Å². The van der Waals surface area contributed by atoms with Crippen LogP contribution in [0.1, 0.15) is 19.7 Å². The predicted octanol–water partition coefficient (Wildman–Crippen LogP) is 3.38. The molecule has 0 saturated carbocycles. The van der Waals surface area contributed by atoms with Gasteiger partial charge in [-0.3, -0.25) is 4.40 Å². The SMILES string of the molecule is CC(C)CS(=O)(=O)c1nc2ccc(Cl)cc2n2c(C(F)(F)F)nnc12. The second-order valence-corrected chi connectivity index (χ2v) is 8.29. The van der Waals surface area contributed by atoms with Crippen molar-refractivity contribution in [3.05, 3.63) is 29.0 Å². The molecule has 1 aromatic carbocycles. The minimum Gasteiger partial charge on any atom is -0.267 e. The van der Waals surface area contributed by atoms with Crippen LogP contribution in [0.4, 0.5) is 13.2 Å². The number of hydrogen-bond acceptors (Lipinski definition) is 5. The molecular formula is C14H12ClF3N4O2S. The Hall–Kier alpha value is -1.94. The van der Waals surface area contributed by atoms with Crippen molar-refractivity contribution >= 4 is 38.1 Å². The van der Waals surface area contributed by atoms with E-state index in [1.54, 1.807) is 13.8 Å². The quantitative estimate of drug-likeness (QED) is 0.683. The molecule has 0 aliphatic rings. The minimum absolute atomic E-state index is 0.0247. The number of nitrogens with zero attached hydrogens (tertiary/aromatic N) is 4. The standard InChI is InChI=1S/C14H12ClF3N4O2S/c1-7(2)6-25(23,24)12-11-20-21-13(14(16,17)18)22(11)10-5-8(15)3-4-9(10)19-12/h3-5,7H,6H2,1-2H3. The lowest BCUT2D eigenvalue weighted by atomic mass is 10.3. The van der Waals surface area contributed by atoms with Crippen LogP contribution >= 0.6 is 11.6 Å². The van der Waals surface area contributed by atoms with E-state index >= 15 is 0 Å². The second kappa shape index (κ2) is 5.80. The topological polar surface area (TPSA) is 77.2 Å². The number of fused-ring (bicyclic) bond motifs is 3. The molecular weight excluding hydrogens is 381 g/mol. The van der Waals surface area contributed by atoms with Crippen LogP contribution in [-0.4, -0.2) is 33.8 Å². The number of alkyl halides is 3. The molecule has 0 unspecified atom stereocenters. The highest BCUT2D eigenvalue weighted by Crippen LogP contribution is 2.32. The Labute approximate surface area is 145 Å². The van der Waals surface area contributed by atoms with Crippen LogP contribution in [0.3, 0.4) is 0 Å². The van der Waals surface area contributed by atoms with Crippen molar-refractivity contribution in [2.45, 2.75) is 25.0 Å². The van der Waals surface area contributed by atoms with Gasteiger partial charge in [-0.1, -0.05) is 25.4 Å². The molecule has 0 saturated heterocycles. The van der Waals surface area contributed by atoms with E-state index < -0.39 is 32.5 Å². The number of sulfone groups is 1. The second-order valence-electron chi connectivity index (χ2n) is 5.91. The lowest BCUT2D eigenvalue weighted by Gasteiger charge is -2.11. The third-order valence-corrected chi connectivity index (χ3v) is 5.56. The summed E-state index contributed by atoms with van der Waals surface area (Å²) in [4.78, 5) is 4.03. The van der Waals surface area contributed by atoms with Crippen LogP contribution in [0.25, 0.3) is 16.7 Å². The molecule has 0 spiro atoms. The highest BCUT2D eigenvalue weighted by molar-refractivity contribution is 7.91. The van der Waals surface area contributed by atoms with Crippen LogP contribution in [0, 0.1) is 5.92 Å². The molecule has 2 heterocycles. The summed E-state index contributed by atoms with van der Waals surface area (Å²) in [5, 5.41) is 6.23. The Morgan fingerprint density at radius 1 is 1.24 bits per heavy atom. The maximum absolute atomic E-state index is 13.3. The smallest absolute Gasteiger partial charge is 0.267 e. The number of halogens is 4. The highest BCUT2D eigenvalue weighted by Gasteiger charge is 2.39. The third-order valence-electron chi connectivity index (χ3n) is 3.36. The van der Waals surface area contributed by atoms with Crippen LogP contribution in [0.15, 0.2) is 23.2 Å². The molecule has 3 rings (SSSR count). The molecule has 0 radical (unpaired) electrons. The normalized spacial score (nSPS) is 13.2. The first-order valence-electron chi connectivity index (χ1n) is 7.15. The fourth-order valence-corrected chi connectivity index (χ4v) is 4.34. The summed E-state index contributed by atoms with van der Waals surface area (Å²) in [7, 11) is -3.95. The highest BCUT2D eigenvalue weighted by atomic mass is 35.5. The number of hydrogen-bond donors (Lipinski definition) is 0. The zero-order valence-corrected chi connectivity index (χ0v) is 14.6.